The first-order valence-electron chi connectivity index (χ1n) is 9.42. The number of nitrogens with zero attached hydrogens (tertiary/aromatic N) is 3. The molecule has 148 valence electrons. The normalized spacial score (nSPS) is 12.3. The minimum Gasteiger partial charge on any atom is -0.486 e. The lowest BCUT2D eigenvalue weighted by Crippen LogP contribution is -2.14. The van der Waals surface area contributed by atoms with Crippen LogP contribution in [0.3, 0.4) is 0 Å². The second kappa shape index (κ2) is 7.96. The van der Waals surface area contributed by atoms with Crippen LogP contribution in [0.15, 0.2) is 24.3 Å². The van der Waals surface area contributed by atoms with Crippen molar-refractivity contribution in [1.82, 2.24) is 14.5 Å². The minimum absolute atomic E-state index is 0.0243. The van der Waals surface area contributed by atoms with Gasteiger partial charge in [0.25, 0.3) is 0 Å². The van der Waals surface area contributed by atoms with Crippen LogP contribution >= 0.6 is 0 Å². The van der Waals surface area contributed by atoms with Crippen LogP contribution < -0.4 is 4.74 Å². The predicted molar refractivity (Wildman–Crippen MR) is 105 cm³/mol. The van der Waals surface area contributed by atoms with Crippen molar-refractivity contribution in [3.8, 4) is 17.0 Å². The Kier molecular flexibility index (Phi) is 5.63. The molecular weight excluding hydrogens is 361 g/mol. The van der Waals surface area contributed by atoms with Crippen molar-refractivity contribution in [3.63, 3.8) is 0 Å². The average Bonchev–Trinajstić information content (AvgIpc) is 2.92. The maximum Gasteiger partial charge on any atom is 0.356 e. The van der Waals surface area contributed by atoms with Crippen LogP contribution in [0.2, 0.25) is 0 Å². The Bertz CT molecular complexity index is 1010. The van der Waals surface area contributed by atoms with Gasteiger partial charge in [-0.2, -0.15) is 0 Å². The molecule has 2 aromatic heterocycles. The van der Waals surface area contributed by atoms with Crippen molar-refractivity contribution < 1.29 is 19.0 Å². The molecule has 0 spiro atoms. The third-order valence-electron chi connectivity index (χ3n) is 4.70. The monoisotopic (exact) mass is 385 g/mol. The largest absolute Gasteiger partial charge is 0.486 e. The van der Waals surface area contributed by atoms with Gasteiger partial charge in [0.1, 0.15) is 5.82 Å². The SMILES string of the molecule is CCCC(C)Oc1c(C(=O)O)n(C)c2nc(CC)c(-c3ccc(F)cc3)nc12. The van der Waals surface area contributed by atoms with Crippen molar-refractivity contribution in [2.75, 3.05) is 0 Å². The molecule has 1 atom stereocenters. The van der Waals surface area contributed by atoms with E-state index in [1.807, 2.05) is 20.8 Å². The summed E-state index contributed by atoms with van der Waals surface area (Å²) in [6, 6.07) is 6.03. The van der Waals surface area contributed by atoms with Crippen LogP contribution in [0.5, 0.6) is 5.75 Å². The maximum atomic E-state index is 13.3. The fourth-order valence-corrected chi connectivity index (χ4v) is 3.32. The van der Waals surface area contributed by atoms with E-state index in [4.69, 9.17) is 9.72 Å². The van der Waals surface area contributed by atoms with Gasteiger partial charge in [-0.3, -0.25) is 0 Å². The standard InChI is InChI=1S/C21H24FN3O3/c1-5-7-12(3)28-19-17-20(25(4)18(19)21(26)27)23-15(6-2)16(24-17)13-8-10-14(22)11-9-13/h8-12H,5-7H2,1-4H3,(H,26,27). The fraction of sp³-hybridized carbons (Fsp3) is 0.381. The average molecular weight is 385 g/mol. The summed E-state index contributed by atoms with van der Waals surface area (Å²) in [5.41, 5.74) is 2.92. The van der Waals surface area contributed by atoms with E-state index >= 15 is 0 Å². The number of hydrogen-bond donors (Lipinski definition) is 1. The Hall–Kier alpha value is -2.96. The highest BCUT2D eigenvalue weighted by atomic mass is 19.1. The predicted octanol–water partition coefficient (Wildman–Crippen LogP) is 4.60. The Morgan fingerprint density at radius 2 is 1.93 bits per heavy atom. The number of halogens is 1. The third kappa shape index (κ3) is 3.56. The molecule has 1 aromatic carbocycles. The Balaban J connectivity index is 2.27. The van der Waals surface area contributed by atoms with Gasteiger partial charge in [-0.05, 0) is 44.0 Å². The smallest absolute Gasteiger partial charge is 0.356 e. The minimum atomic E-state index is -1.10. The van der Waals surface area contributed by atoms with Gasteiger partial charge in [0, 0.05) is 12.6 Å². The number of benzene rings is 1. The van der Waals surface area contributed by atoms with Gasteiger partial charge < -0.3 is 14.4 Å². The maximum absolute atomic E-state index is 13.3. The molecule has 0 amide bonds. The first-order chi connectivity index (χ1) is 13.4. The van der Waals surface area contributed by atoms with Gasteiger partial charge in [-0.25, -0.2) is 19.2 Å². The Labute approximate surface area is 163 Å². The van der Waals surface area contributed by atoms with E-state index in [0.717, 1.165) is 18.4 Å². The number of carboxylic acid groups (broad SMARTS) is 1. The molecule has 7 heteroatoms. The van der Waals surface area contributed by atoms with E-state index in [1.165, 1.54) is 16.7 Å². The molecule has 28 heavy (non-hydrogen) atoms. The number of carboxylic acids is 1. The summed E-state index contributed by atoms with van der Waals surface area (Å²) < 4.78 is 20.8. The zero-order valence-corrected chi connectivity index (χ0v) is 16.5. The highest BCUT2D eigenvalue weighted by Gasteiger charge is 2.27. The van der Waals surface area contributed by atoms with Gasteiger partial charge >= 0.3 is 5.97 Å². The topological polar surface area (TPSA) is 77.2 Å². The quantitative estimate of drug-likeness (QED) is 0.643. The first-order valence-corrected chi connectivity index (χ1v) is 9.42. The fourth-order valence-electron chi connectivity index (χ4n) is 3.32. The van der Waals surface area contributed by atoms with Crippen LogP contribution in [0, 0.1) is 5.82 Å². The lowest BCUT2D eigenvalue weighted by atomic mass is 10.1. The Morgan fingerprint density at radius 1 is 1.25 bits per heavy atom. The lowest BCUT2D eigenvalue weighted by Gasteiger charge is -2.14. The van der Waals surface area contributed by atoms with Crippen molar-refractivity contribution in [1.29, 1.82) is 0 Å². The van der Waals surface area contributed by atoms with Crippen LogP contribution in [-0.4, -0.2) is 31.7 Å². The van der Waals surface area contributed by atoms with Gasteiger partial charge in [-0.1, -0.05) is 20.3 Å². The number of hydrogen-bond acceptors (Lipinski definition) is 4. The molecule has 1 N–H and O–H groups in total. The summed E-state index contributed by atoms with van der Waals surface area (Å²) in [5.74, 6) is -1.20. The van der Waals surface area contributed by atoms with Crippen LogP contribution in [0.25, 0.3) is 22.4 Å². The van der Waals surface area contributed by atoms with Crippen LogP contribution in [-0.2, 0) is 13.5 Å². The zero-order chi connectivity index (χ0) is 20.4. The first kappa shape index (κ1) is 19.8. The number of rotatable bonds is 7. The number of aromatic nitrogens is 3. The number of aromatic carboxylic acids is 1. The lowest BCUT2D eigenvalue weighted by molar-refractivity contribution is 0.0679. The number of ether oxygens (including phenoxy) is 1. The highest BCUT2D eigenvalue weighted by Crippen LogP contribution is 2.34. The molecule has 0 aliphatic carbocycles. The summed E-state index contributed by atoms with van der Waals surface area (Å²) in [7, 11) is 1.65. The van der Waals surface area contributed by atoms with Crippen molar-refractivity contribution >= 4 is 17.1 Å². The molecule has 0 saturated heterocycles. The molecule has 0 aliphatic rings. The zero-order valence-electron chi connectivity index (χ0n) is 16.5. The number of fused-ring (bicyclic) bond motifs is 1. The second-order valence-corrected chi connectivity index (χ2v) is 6.81. The van der Waals surface area contributed by atoms with Gasteiger partial charge in [0.05, 0.1) is 17.5 Å². The molecule has 0 bridgehead atoms. The summed E-state index contributed by atoms with van der Waals surface area (Å²) in [6.07, 6.45) is 2.16. The van der Waals surface area contributed by atoms with Crippen molar-refractivity contribution in [2.45, 2.75) is 46.1 Å². The second-order valence-electron chi connectivity index (χ2n) is 6.81. The van der Waals surface area contributed by atoms with Gasteiger partial charge in [0.2, 0.25) is 0 Å². The van der Waals surface area contributed by atoms with E-state index in [1.54, 1.807) is 19.2 Å². The van der Waals surface area contributed by atoms with Gasteiger partial charge in [-0.15, -0.1) is 0 Å². The molecule has 1 unspecified atom stereocenters. The summed E-state index contributed by atoms with van der Waals surface area (Å²) in [5, 5.41) is 9.74. The van der Waals surface area contributed by atoms with E-state index in [-0.39, 0.29) is 23.4 Å². The summed E-state index contributed by atoms with van der Waals surface area (Å²) in [4.78, 5) is 21.3. The molecule has 0 radical (unpaired) electrons. The summed E-state index contributed by atoms with van der Waals surface area (Å²) in [6.45, 7) is 5.90. The summed E-state index contributed by atoms with van der Waals surface area (Å²) >= 11 is 0. The molecule has 6 nitrogen and oxygen atoms in total. The van der Waals surface area contributed by atoms with Gasteiger partial charge in [0.15, 0.2) is 22.6 Å². The molecular formula is C21H24FN3O3. The number of carbonyl (C=O) groups is 1. The third-order valence-corrected chi connectivity index (χ3v) is 4.70. The van der Waals surface area contributed by atoms with Crippen LogP contribution in [0.1, 0.15) is 49.8 Å². The molecule has 3 aromatic rings. The van der Waals surface area contributed by atoms with Crippen molar-refractivity contribution in [2.24, 2.45) is 7.05 Å². The molecule has 0 aliphatic heterocycles. The van der Waals surface area contributed by atoms with Crippen molar-refractivity contribution in [3.05, 3.63) is 41.5 Å². The van der Waals surface area contributed by atoms with Crippen LogP contribution in [0.4, 0.5) is 4.39 Å². The number of aryl methyl sites for hydroxylation is 2. The molecule has 0 fully saturated rings. The van der Waals surface area contributed by atoms with E-state index in [2.05, 4.69) is 4.98 Å². The molecule has 3 rings (SSSR count). The van der Waals surface area contributed by atoms with E-state index in [0.29, 0.717) is 29.0 Å². The van der Waals surface area contributed by atoms with E-state index in [9.17, 15) is 14.3 Å². The van der Waals surface area contributed by atoms with E-state index < -0.39 is 5.97 Å². The highest BCUT2D eigenvalue weighted by molar-refractivity contribution is 5.98. The molecule has 0 saturated carbocycles. The Morgan fingerprint density at radius 3 is 2.50 bits per heavy atom. The molecule has 2 heterocycles.